The first kappa shape index (κ1) is 24.1. The number of morpholine rings is 1. The number of carbonyl (C=O) groups excluding carboxylic acids is 2. The molecule has 190 valence electrons. The van der Waals surface area contributed by atoms with Gasteiger partial charge >= 0.3 is 0 Å². The number of ether oxygens (including phenoxy) is 1. The number of rotatable bonds is 6. The molecule has 3 aliphatic heterocycles. The number of amides is 2. The van der Waals surface area contributed by atoms with Gasteiger partial charge in [-0.25, -0.2) is 0 Å². The van der Waals surface area contributed by atoms with Crippen LogP contribution < -0.4 is 10.2 Å². The third kappa shape index (κ3) is 5.17. The second-order valence-electron chi connectivity index (χ2n) is 9.45. The molecule has 11 heteroatoms. The Morgan fingerprint density at radius 2 is 2.00 bits per heavy atom. The highest BCUT2D eigenvalue weighted by Crippen LogP contribution is 2.38. The van der Waals surface area contributed by atoms with Crippen molar-refractivity contribution in [2.75, 3.05) is 57.4 Å². The number of piperazine rings is 1. The van der Waals surface area contributed by atoms with Crippen LogP contribution in [0.2, 0.25) is 0 Å². The Morgan fingerprint density at radius 1 is 1.17 bits per heavy atom. The van der Waals surface area contributed by atoms with Crippen molar-refractivity contribution in [3.63, 3.8) is 0 Å². The number of non-ortho nitro benzene ring substituents is 1. The summed E-state index contributed by atoms with van der Waals surface area (Å²) >= 11 is 0. The van der Waals surface area contributed by atoms with Crippen LogP contribution >= 0.6 is 0 Å². The summed E-state index contributed by atoms with van der Waals surface area (Å²) in [5.74, 6) is -0.430. The molecular formula is C25H30N6O5. The number of pyridine rings is 1. The molecule has 0 aliphatic carbocycles. The van der Waals surface area contributed by atoms with Crippen LogP contribution in [-0.2, 0) is 27.3 Å². The van der Waals surface area contributed by atoms with Crippen LogP contribution in [0.5, 0.6) is 0 Å². The van der Waals surface area contributed by atoms with E-state index in [4.69, 9.17) is 4.74 Å². The summed E-state index contributed by atoms with van der Waals surface area (Å²) in [7, 11) is 0. The van der Waals surface area contributed by atoms with Gasteiger partial charge in [0.05, 0.1) is 36.6 Å². The molecule has 2 saturated heterocycles. The van der Waals surface area contributed by atoms with Gasteiger partial charge in [-0.2, -0.15) is 0 Å². The Morgan fingerprint density at radius 3 is 2.75 bits per heavy atom. The van der Waals surface area contributed by atoms with E-state index in [-0.39, 0.29) is 23.5 Å². The number of nitrogens with zero attached hydrogens (tertiary/aromatic N) is 5. The fraction of sp³-hybridized carbons (Fsp3) is 0.480. The van der Waals surface area contributed by atoms with Gasteiger partial charge in [0, 0.05) is 69.5 Å². The molecule has 4 heterocycles. The predicted octanol–water partition coefficient (Wildman–Crippen LogP) is 0.828. The monoisotopic (exact) mass is 494 g/mol. The van der Waals surface area contributed by atoms with E-state index < -0.39 is 10.8 Å². The SMILES string of the molecule is O=C(NCc1cccnc1)[C@H]1Cc2cc([N+](=O)[O-])ccc2N2CCN(CC(=O)N3CCOCC3)C[C@H]12. The minimum Gasteiger partial charge on any atom is -0.378 e. The molecule has 0 unspecified atom stereocenters. The first-order valence-electron chi connectivity index (χ1n) is 12.3. The van der Waals surface area contributed by atoms with Gasteiger partial charge in [-0.15, -0.1) is 0 Å². The fourth-order valence-corrected chi connectivity index (χ4v) is 5.35. The van der Waals surface area contributed by atoms with Crippen LogP contribution in [0.25, 0.3) is 0 Å². The van der Waals surface area contributed by atoms with E-state index in [1.807, 2.05) is 17.0 Å². The van der Waals surface area contributed by atoms with E-state index in [2.05, 4.69) is 20.1 Å². The molecule has 11 nitrogen and oxygen atoms in total. The van der Waals surface area contributed by atoms with Crippen molar-refractivity contribution in [2.45, 2.75) is 19.0 Å². The smallest absolute Gasteiger partial charge is 0.269 e. The Bertz CT molecular complexity index is 1120. The molecule has 1 aromatic carbocycles. The van der Waals surface area contributed by atoms with Crippen molar-refractivity contribution in [1.82, 2.24) is 20.1 Å². The average molecular weight is 495 g/mol. The number of carbonyl (C=O) groups is 2. The molecule has 1 N–H and O–H groups in total. The lowest BCUT2D eigenvalue weighted by atomic mass is 9.83. The first-order chi connectivity index (χ1) is 17.5. The molecule has 2 aromatic rings. The molecule has 36 heavy (non-hydrogen) atoms. The maximum Gasteiger partial charge on any atom is 0.269 e. The average Bonchev–Trinajstić information content (AvgIpc) is 2.91. The number of nitro groups is 1. The van der Waals surface area contributed by atoms with Gasteiger partial charge in [0.1, 0.15) is 0 Å². The van der Waals surface area contributed by atoms with E-state index in [1.165, 1.54) is 6.07 Å². The summed E-state index contributed by atoms with van der Waals surface area (Å²) in [5.41, 5.74) is 2.66. The topological polar surface area (TPSA) is 121 Å². The van der Waals surface area contributed by atoms with Crippen molar-refractivity contribution in [2.24, 2.45) is 5.92 Å². The summed E-state index contributed by atoms with van der Waals surface area (Å²) < 4.78 is 5.36. The molecule has 0 saturated carbocycles. The van der Waals surface area contributed by atoms with Crippen LogP contribution in [-0.4, -0.2) is 90.0 Å². The van der Waals surface area contributed by atoms with Gasteiger partial charge in [-0.05, 0) is 29.7 Å². The molecule has 0 spiro atoms. The van der Waals surface area contributed by atoms with E-state index in [0.29, 0.717) is 65.4 Å². The minimum atomic E-state index is -0.405. The molecule has 5 rings (SSSR count). The molecule has 1 aromatic heterocycles. The Hall–Kier alpha value is -3.57. The number of nitro benzene ring substituents is 1. The molecule has 2 atom stereocenters. The van der Waals surface area contributed by atoms with Gasteiger partial charge in [0.15, 0.2) is 0 Å². The fourth-order valence-electron chi connectivity index (χ4n) is 5.35. The number of hydrogen-bond acceptors (Lipinski definition) is 8. The van der Waals surface area contributed by atoms with Gasteiger partial charge in [0.2, 0.25) is 11.8 Å². The summed E-state index contributed by atoms with van der Waals surface area (Å²) in [6.07, 6.45) is 3.80. The van der Waals surface area contributed by atoms with Crippen LogP contribution in [0.4, 0.5) is 11.4 Å². The van der Waals surface area contributed by atoms with Gasteiger partial charge in [-0.3, -0.25) is 29.6 Å². The highest BCUT2D eigenvalue weighted by molar-refractivity contribution is 5.82. The lowest BCUT2D eigenvalue weighted by molar-refractivity contribution is -0.384. The second kappa shape index (κ2) is 10.6. The maximum absolute atomic E-state index is 13.4. The summed E-state index contributed by atoms with van der Waals surface area (Å²) in [6, 6.07) is 8.48. The zero-order valence-corrected chi connectivity index (χ0v) is 20.0. The third-order valence-electron chi connectivity index (χ3n) is 7.24. The molecule has 0 bridgehead atoms. The van der Waals surface area contributed by atoms with Crippen LogP contribution in [0.15, 0.2) is 42.7 Å². The minimum absolute atomic E-state index is 0.0245. The van der Waals surface area contributed by atoms with E-state index in [1.54, 1.807) is 24.5 Å². The Kier molecular flexibility index (Phi) is 7.10. The van der Waals surface area contributed by atoms with Crippen molar-refractivity contribution < 1.29 is 19.2 Å². The molecule has 2 fully saturated rings. The van der Waals surface area contributed by atoms with Gasteiger partial charge in [0.25, 0.3) is 5.69 Å². The van der Waals surface area contributed by atoms with E-state index >= 15 is 0 Å². The van der Waals surface area contributed by atoms with Gasteiger partial charge < -0.3 is 19.9 Å². The number of fused-ring (bicyclic) bond motifs is 3. The standard InChI is InChI=1S/C25H30N6O5/c32-24(29-8-10-36-11-9-29)17-28-6-7-30-22-4-3-20(31(34)35)12-19(22)13-21(23(30)16-28)25(33)27-15-18-2-1-5-26-14-18/h1-5,12,14,21,23H,6-11,13,15-17H2,(H,27,33)/t21-,23+/m0/s1. The van der Waals surface area contributed by atoms with Crippen molar-refractivity contribution in [1.29, 1.82) is 0 Å². The number of anilines is 1. The van der Waals surface area contributed by atoms with Crippen LogP contribution in [0.1, 0.15) is 11.1 Å². The van der Waals surface area contributed by atoms with Crippen LogP contribution in [0.3, 0.4) is 0 Å². The molecule has 2 amide bonds. The maximum atomic E-state index is 13.4. The molecule has 3 aliphatic rings. The number of nitrogens with one attached hydrogen (secondary N) is 1. The second-order valence-corrected chi connectivity index (χ2v) is 9.45. The number of benzene rings is 1. The van der Waals surface area contributed by atoms with E-state index in [0.717, 1.165) is 16.8 Å². The summed E-state index contributed by atoms with van der Waals surface area (Å²) in [4.78, 5) is 47.5. The lowest BCUT2D eigenvalue weighted by Gasteiger charge is -2.49. The lowest BCUT2D eigenvalue weighted by Crippen LogP contribution is -2.62. The summed E-state index contributed by atoms with van der Waals surface area (Å²) in [5, 5.41) is 14.4. The predicted molar refractivity (Wildman–Crippen MR) is 131 cm³/mol. The summed E-state index contributed by atoms with van der Waals surface area (Å²) in [6.45, 7) is 4.87. The quantitative estimate of drug-likeness (QED) is 0.463. The number of aromatic nitrogens is 1. The Labute approximate surface area is 209 Å². The van der Waals surface area contributed by atoms with Crippen LogP contribution in [0, 0.1) is 16.0 Å². The largest absolute Gasteiger partial charge is 0.378 e. The van der Waals surface area contributed by atoms with Gasteiger partial charge in [-0.1, -0.05) is 6.07 Å². The highest BCUT2D eigenvalue weighted by Gasteiger charge is 2.42. The molecular weight excluding hydrogens is 464 g/mol. The van der Waals surface area contributed by atoms with Crippen molar-refractivity contribution in [3.8, 4) is 0 Å². The molecule has 0 radical (unpaired) electrons. The van der Waals surface area contributed by atoms with Crippen molar-refractivity contribution in [3.05, 3.63) is 64.0 Å². The third-order valence-corrected chi connectivity index (χ3v) is 7.24. The normalized spacial score (nSPS) is 21.9. The zero-order chi connectivity index (χ0) is 25.1. The Balaban J connectivity index is 1.35. The zero-order valence-electron chi connectivity index (χ0n) is 20.0. The van der Waals surface area contributed by atoms with E-state index in [9.17, 15) is 19.7 Å². The highest BCUT2D eigenvalue weighted by atomic mass is 16.6. The number of hydrogen-bond donors (Lipinski definition) is 1. The first-order valence-corrected chi connectivity index (χ1v) is 12.3. The van der Waals surface area contributed by atoms with Crippen molar-refractivity contribution >= 4 is 23.2 Å².